The summed E-state index contributed by atoms with van der Waals surface area (Å²) in [7, 11) is 0. The van der Waals surface area contributed by atoms with Crippen LogP contribution in [0, 0.1) is 0 Å². The Morgan fingerprint density at radius 3 is 2.29 bits per heavy atom. The molecule has 0 spiro atoms. The minimum absolute atomic E-state index is 0.0949. The Morgan fingerprint density at radius 1 is 1.14 bits per heavy atom. The summed E-state index contributed by atoms with van der Waals surface area (Å²) >= 11 is 0. The number of hydrogen-bond acceptors (Lipinski definition) is 4. The number of ketones is 1. The van der Waals surface area contributed by atoms with Crippen LogP contribution in [-0.4, -0.2) is 41.6 Å². The minimum atomic E-state index is -0.263. The van der Waals surface area contributed by atoms with Gasteiger partial charge in [-0.25, -0.2) is 0 Å². The topological polar surface area (TPSA) is 66.5 Å². The second-order valence-corrected chi connectivity index (χ2v) is 3.81. The standard InChI is InChI=1S/C9H12N2O3/c12-7-2-1-6(3-7)11-4-8(13)10-9(14)5-11/h6H,1-5H2,(H,10,13,14). The molecule has 0 radical (unpaired) electrons. The average Bonchev–Trinajstić information content (AvgIpc) is 2.50. The summed E-state index contributed by atoms with van der Waals surface area (Å²) in [6.07, 6.45) is 1.84. The Morgan fingerprint density at radius 2 is 1.79 bits per heavy atom. The third-order valence-corrected chi connectivity index (χ3v) is 2.71. The number of rotatable bonds is 1. The first kappa shape index (κ1) is 9.33. The van der Waals surface area contributed by atoms with Gasteiger partial charge < -0.3 is 0 Å². The number of amides is 2. The van der Waals surface area contributed by atoms with E-state index >= 15 is 0 Å². The van der Waals surface area contributed by atoms with Crippen molar-refractivity contribution in [2.24, 2.45) is 0 Å². The molecule has 1 saturated carbocycles. The molecule has 1 atom stereocenters. The fourth-order valence-electron chi connectivity index (χ4n) is 2.02. The van der Waals surface area contributed by atoms with Gasteiger partial charge in [0.2, 0.25) is 11.8 Å². The van der Waals surface area contributed by atoms with E-state index in [0.29, 0.717) is 12.8 Å². The zero-order valence-corrected chi connectivity index (χ0v) is 7.78. The number of hydrogen-bond donors (Lipinski definition) is 1. The molecule has 5 nitrogen and oxygen atoms in total. The molecule has 0 bridgehead atoms. The van der Waals surface area contributed by atoms with Gasteiger partial charge in [-0.05, 0) is 6.42 Å². The number of imide groups is 1. The molecule has 14 heavy (non-hydrogen) atoms. The fraction of sp³-hybridized carbons (Fsp3) is 0.667. The predicted molar refractivity (Wildman–Crippen MR) is 47.4 cm³/mol. The molecular weight excluding hydrogens is 184 g/mol. The van der Waals surface area contributed by atoms with Crippen molar-refractivity contribution in [2.45, 2.75) is 25.3 Å². The van der Waals surface area contributed by atoms with Crippen molar-refractivity contribution < 1.29 is 14.4 Å². The lowest BCUT2D eigenvalue weighted by Gasteiger charge is -2.30. The maximum absolute atomic E-state index is 11.1. The van der Waals surface area contributed by atoms with Crippen LogP contribution < -0.4 is 5.32 Å². The Balaban J connectivity index is 2.00. The van der Waals surface area contributed by atoms with Crippen LogP contribution in [0.5, 0.6) is 0 Å². The Hall–Kier alpha value is -1.23. The molecule has 1 heterocycles. The van der Waals surface area contributed by atoms with Crippen molar-refractivity contribution in [3.05, 3.63) is 0 Å². The predicted octanol–water partition coefficient (Wildman–Crippen LogP) is -0.934. The lowest BCUT2D eigenvalue weighted by molar-refractivity contribution is -0.137. The second kappa shape index (κ2) is 3.49. The van der Waals surface area contributed by atoms with E-state index < -0.39 is 0 Å². The Kier molecular flexibility index (Phi) is 2.33. The molecule has 0 aromatic carbocycles. The molecule has 2 aliphatic rings. The maximum Gasteiger partial charge on any atom is 0.240 e. The van der Waals surface area contributed by atoms with Crippen LogP contribution >= 0.6 is 0 Å². The van der Waals surface area contributed by atoms with Gasteiger partial charge in [-0.3, -0.25) is 24.6 Å². The minimum Gasteiger partial charge on any atom is -0.300 e. The third-order valence-electron chi connectivity index (χ3n) is 2.71. The van der Waals surface area contributed by atoms with E-state index in [1.165, 1.54) is 0 Å². The van der Waals surface area contributed by atoms with E-state index in [2.05, 4.69) is 5.32 Å². The zero-order valence-electron chi connectivity index (χ0n) is 7.78. The van der Waals surface area contributed by atoms with Crippen molar-refractivity contribution in [1.29, 1.82) is 0 Å². The van der Waals surface area contributed by atoms with Gasteiger partial charge in [-0.15, -0.1) is 0 Å². The molecule has 1 aliphatic heterocycles. The SMILES string of the molecule is O=C1CCC(N2CC(=O)NC(=O)C2)C1. The Bertz CT molecular complexity index is 284. The van der Waals surface area contributed by atoms with E-state index in [0.717, 1.165) is 6.42 Å². The highest BCUT2D eigenvalue weighted by Crippen LogP contribution is 2.21. The molecule has 0 aromatic rings. The van der Waals surface area contributed by atoms with Crippen LogP contribution in [0.15, 0.2) is 0 Å². The monoisotopic (exact) mass is 196 g/mol. The first-order valence-corrected chi connectivity index (χ1v) is 4.73. The Labute approximate surface area is 81.4 Å². The first-order valence-electron chi connectivity index (χ1n) is 4.73. The van der Waals surface area contributed by atoms with Crippen molar-refractivity contribution in [2.75, 3.05) is 13.1 Å². The summed E-state index contributed by atoms with van der Waals surface area (Å²) in [6, 6.07) is 0.0949. The number of carbonyl (C=O) groups excluding carboxylic acids is 3. The largest absolute Gasteiger partial charge is 0.300 e. The molecule has 5 heteroatoms. The summed E-state index contributed by atoms with van der Waals surface area (Å²) < 4.78 is 0. The van der Waals surface area contributed by atoms with E-state index in [1.807, 2.05) is 0 Å². The summed E-state index contributed by atoms with van der Waals surface area (Å²) in [6.45, 7) is 0.480. The highest BCUT2D eigenvalue weighted by atomic mass is 16.2. The fourth-order valence-corrected chi connectivity index (χ4v) is 2.02. The number of Topliss-reactive ketones (excluding diaryl/α,β-unsaturated/α-hetero) is 1. The summed E-state index contributed by atoms with van der Waals surface area (Å²) in [5, 5.41) is 2.24. The van der Waals surface area contributed by atoms with Crippen molar-refractivity contribution in [1.82, 2.24) is 10.2 Å². The molecular formula is C9H12N2O3. The zero-order chi connectivity index (χ0) is 10.1. The van der Waals surface area contributed by atoms with Crippen LogP contribution in [0.3, 0.4) is 0 Å². The quantitative estimate of drug-likeness (QED) is 0.550. The van der Waals surface area contributed by atoms with Gasteiger partial charge in [0.15, 0.2) is 0 Å². The summed E-state index contributed by atoms with van der Waals surface area (Å²) in [4.78, 5) is 35.0. The van der Waals surface area contributed by atoms with E-state index in [4.69, 9.17) is 0 Å². The normalized spacial score (nSPS) is 29.4. The molecule has 76 valence electrons. The van der Waals surface area contributed by atoms with E-state index in [-0.39, 0.29) is 36.7 Å². The van der Waals surface area contributed by atoms with Gasteiger partial charge in [0.05, 0.1) is 13.1 Å². The number of nitrogens with zero attached hydrogens (tertiary/aromatic N) is 1. The van der Waals surface area contributed by atoms with Crippen LogP contribution in [0.1, 0.15) is 19.3 Å². The van der Waals surface area contributed by atoms with Crippen molar-refractivity contribution in [3.8, 4) is 0 Å². The third kappa shape index (κ3) is 1.82. The van der Waals surface area contributed by atoms with Crippen LogP contribution in [0.2, 0.25) is 0 Å². The second-order valence-electron chi connectivity index (χ2n) is 3.81. The number of piperazine rings is 1. The molecule has 1 saturated heterocycles. The van der Waals surface area contributed by atoms with Crippen LogP contribution in [0.4, 0.5) is 0 Å². The van der Waals surface area contributed by atoms with Gasteiger partial charge in [0.25, 0.3) is 0 Å². The van der Waals surface area contributed by atoms with Gasteiger partial charge in [0.1, 0.15) is 5.78 Å². The molecule has 1 aliphatic carbocycles. The smallest absolute Gasteiger partial charge is 0.240 e. The molecule has 2 fully saturated rings. The van der Waals surface area contributed by atoms with Crippen molar-refractivity contribution in [3.63, 3.8) is 0 Å². The molecule has 1 unspecified atom stereocenters. The number of nitrogens with one attached hydrogen (secondary N) is 1. The van der Waals surface area contributed by atoms with Crippen molar-refractivity contribution >= 4 is 17.6 Å². The highest BCUT2D eigenvalue weighted by molar-refractivity contribution is 5.99. The summed E-state index contributed by atoms with van der Waals surface area (Å²) in [5.41, 5.74) is 0. The molecule has 0 aromatic heterocycles. The lowest BCUT2D eigenvalue weighted by Crippen LogP contribution is -2.54. The molecule has 2 amide bonds. The van der Waals surface area contributed by atoms with E-state index in [1.54, 1.807) is 4.90 Å². The molecule has 2 rings (SSSR count). The van der Waals surface area contributed by atoms with Gasteiger partial charge in [0, 0.05) is 18.9 Å². The molecule has 1 N–H and O–H groups in total. The van der Waals surface area contributed by atoms with E-state index in [9.17, 15) is 14.4 Å². The summed E-state index contributed by atoms with van der Waals surface area (Å²) in [5.74, 6) is -0.297. The lowest BCUT2D eigenvalue weighted by atomic mass is 10.2. The van der Waals surface area contributed by atoms with Crippen LogP contribution in [0.25, 0.3) is 0 Å². The van der Waals surface area contributed by atoms with Gasteiger partial charge >= 0.3 is 0 Å². The maximum atomic E-state index is 11.1. The van der Waals surface area contributed by atoms with Crippen LogP contribution in [-0.2, 0) is 14.4 Å². The number of carbonyl (C=O) groups is 3. The van der Waals surface area contributed by atoms with Gasteiger partial charge in [-0.1, -0.05) is 0 Å². The first-order chi connectivity index (χ1) is 6.65. The average molecular weight is 196 g/mol. The highest BCUT2D eigenvalue weighted by Gasteiger charge is 2.32. The van der Waals surface area contributed by atoms with Gasteiger partial charge in [-0.2, -0.15) is 0 Å².